The molecular formula is C16H22Br2. The number of halogens is 2. The molecule has 1 aromatic rings. The van der Waals surface area contributed by atoms with Gasteiger partial charge in [-0.05, 0) is 54.2 Å². The standard InChI is InChI=1S/C16H22Br2/c1-2-8-16(11-17,12-18)10-13-6-7-14-4-3-5-15(14)9-13/h6-7,9H,2-5,8,10-12H2,1H3. The lowest BCUT2D eigenvalue weighted by Gasteiger charge is -2.30. The molecule has 0 fully saturated rings. The first kappa shape index (κ1) is 14.6. The largest absolute Gasteiger partial charge is 0.0922 e. The number of benzene rings is 1. The topological polar surface area (TPSA) is 0 Å². The minimum Gasteiger partial charge on any atom is -0.0922 e. The summed E-state index contributed by atoms with van der Waals surface area (Å²) in [5, 5.41) is 2.16. The van der Waals surface area contributed by atoms with Gasteiger partial charge in [-0.25, -0.2) is 0 Å². The van der Waals surface area contributed by atoms with Gasteiger partial charge < -0.3 is 0 Å². The molecule has 1 aromatic carbocycles. The normalized spacial score (nSPS) is 14.8. The molecule has 1 aliphatic rings. The van der Waals surface area contributed by atoms with E-state index in [0.717, 1.165) is 10.7 Å². The van der Waals surface area contributed by atoms with Gasteiger partial charge in [-0.2, -0.15) is 0 Å². The Morgan fingerprint density at radius 2 is 1.83 bits per heavy atom. The fraction of sp³-hybridized carbons (Fsp3) is 0.625. The van der Waals surface area contributed by atoms with Crippen molar-refractivity contribution in [1.82, 2.24) is 0 Å². The van der Waals surface area contributed by atoms with Crippen LogP contribution < -0.4 is 0 Å². The molecule has 2 heteroatoms. The molecule has 18 heavy (non-hydrogen) atoms. The van der Waals surface area contributed by atoms with Gasteiger partial charge in [0.15, 0.2) is 0 Å². The predicted molar refractivity (Wildman–Crippen MR) is 87.1 cm³/mol. The van der Waals surface area contributed by atoms with Crippen LogP contribution >= 0.6 is 31.9 Å². The molecule has 0 aromatic heterocycles. The highest BCUT2D eigenvalue weighted by atomic mass is 79.9. The van der Waals surface area contributed by atoms with Gasteiger partial charge in [0.1, 0.15) is 0 Å². The maximum atomic E-state index is 3.72. The maximum absolute atomic E-state index is 3.72. The Labute approximate surface area is 128 Å². The molecule has 0 radical (unpaired) electrons. The second-order valence-corrected chi connectivity index (χ2v) is 6.77. The third-order valence-electron chi connectivity index (χ3n) is 4.09. The van der Waals surface area contributed by atoms with Crippen LogP contribution in [0, 0.1) is 5.41 Å². The van der Waals surface area contributed by atoms with Gasteiger partial charge in [-0.3, -0.25) is 0 Å². The van der Waals surface area contributed by atoms with Crippen LogP contribution in [0.15, 0.2) is 18.2 Å². The van der Waals surface area contributed by atoms with E-state index < -0.39 is 0 Å². The molecule has 0 nitrogen and oxygen atoms in total. The minimum absolute atomic E-state index is 0.377. The second kappa shape index (κ2) is 6.56. The Kier molecular flexibility index (Phi) is 5.32. The molecule has 0 heterocycles. The van der Waals surface area contributed by atoms with Crippen LogP contribution in [0.4, 0.5) is 0 Å². The van der Waals surface area contributed by atoms with E-state index in [-0.39, 0.29) is 0 Å². The Balaban J connectivity index is 2.16. The maximum Gasteiger partial charge on any atom is 0.00991 e. The van der Waals surface area contributed by atoms with Gasteiger partial charge in [-0.1, -0.05) is 63.4 Å². The van der Waals surface area contributed by atoms with E-state index in [9.17, 15) is 0 Å². The van der Waals surface area contributed by atoms with Crippen molar-refractivity contribution in [3.05, 3.63) is 34.9 Å². The van der Waals surface area contributed by atoms with Crippen LogP contribution in [0.25, 0.3) is 0 Å². The third kappa shape index (κ3) is 3.19. The van der Waals surface area contributed by atoms with Crippen molar-refractivity contribution in [2.75, 3.05) is 10.7 Å². The number of rotatable bonds is 6. The zero-order valence-electron chi connectivity index (χ0n) is 11.1. The van der Waals surface area contributed by atoms with Crippen LogP contribution in [0.1, 0.15) is 42.9 Å². The van der Waals surface area contributed by atoms with E-state index >= 15 is 0 Å². The first-order valence-electron chi connectivity index (χ1n) is 6.95. The molecule has 0 N–H and O–H groups in total. The SMILES string of the molecule is CCCC(CBr)(CBr)Cc1ccc2c(c1)CCC2. The van der Waals surface area contributed by atoms with Gasteiger partial charge >= 0.3 is 0 Å². The lowest BCUT2D eigenvalue weighted by atomic mass is 9.81. The first-order chi connectivity index (χ1) is 8.73. The molecule has 0 spiro atoms. The van der Waals surface area contributed by atoms with Crippen LogP contribution in [-0.2, 0) is 19.3 Å². The fourth-order valence-corrected chi connectivity index (χ4v) is 4.94. The average Bonchev–Trinajstić information content (AvgIpc) is 2.85. The van der Waals surface area contributed by atoms with Crippen LogP contribution in [-0.4, -0.2) is 10.7 Å². The predicted octanol–water partition coefficient (Wildman–Crippen LogP) is 5.29. The molecule has 0 saturated carbocycles. The van der Waals surface area contributed by atoms with Crippen LogP contribution in [0.3, 0.4) is 0 Å². The summed E-state index contributed by atoms with van der Waals surface area (Å²) in [5.74, 6) is 0. The number of aryl methyl sites for hydroxylation is 2. The summed E-state index contributed by atoms with van der Waals surface area (Å²) in [6, 6.07) is 7.16. The number of alkyl halides is 2. The lowest BCUT2D eigenvalue weighted by molar-refractivity contribution is 0.352. The van der Waals surface area contributed by atoms with Crippen molar-refractivity contribution in [3.63, 3.8) is 0 Å². The first-order valence-corrected chi connectivity index (χ1v) is 9.20. The summed E-state index contributed by atoms with van der Waals surface area (Å²) in [6.45, 7) is 2.28. The molecule has 0 unspecified atom stereocenters. The van der Waals surface area contributed by atoms with E-state index in [2.05, 4.69) is 57.0 Å². The highest BCUT2D eigenvalue weighted by Gasteiger charge is 2.27. The Morgan fingerprint density at radius 3 is 2.50 bits per heavy atom. The Bertz CT molecular complexity index is 394. The molecule has 100 valence electrons. The van der Waals surface area contributed by atoms with Crippen molar-refractivity contribution in [1.29, 1.82) is 0 Å². The molecular weight excluding hydrogens is 352 g/mol. The summed E-state index contributed by atoms with van der Waals surface area (Å²) in [5.41, 5.74) is 5.07. The summed E-state index contributed by atoms with van der Waals surface area (Å²) < 4.78 is 0. The zero-order chi connectivity index (χ0) is 13.0. The van der Waals surface area contributed by atoms with Gasteiger partial charge in [0.25, 0.3) is 0 Å². The van der Waals surface area contributed by atoms with Crippen molar-refractivity contribution in [3.8, 4) is 0 Å². The second-order valence-electron chi connectivity index (χ2n) is 5.65. The molecule has 1 aliphatic carbocycles. The van der Waals surface area contributed by atoms with Gasteiger partial charge in [0, 0.05) is 10.7 Å². The highest BCUT2D eigenvalue weighted by molar-refractivity contribution is 9.09. The molecule has 0 aliphatic heterocycles. The van der Waals surface area contributed by atoms with E-state index in [0.29, 0.717) is 5.41 Å². The van der Waals surface area contributed by atoms with Crippen molar-refractivity contribution < 1.29 is 0 Å². The van der Waals surface area contributed by atoms with Crippen LogP contribution in [0.5, 0.6) is 0 Å². The van der Waals surface area contributed by atoms with Crippen molar-refractivity contribution >= 4 is 31.9 Å². The smallest absolute Gasteiger partial charge is 0.00991 e. The highest BCUT2D eigenvalue weighted by Crippen LogP contribution is 2.34. The minimum atomic E-state index is 0.377. The van der Waals surface area contributed by atoms with E-state index in [1.165, 1.54) is 44.1 Å². The van der Waals surface area contributed by atoms with Gasteiger partial charge in [0.05, 0.1) is 0 Å². The number of hydrogen-bond donors (Lipinski definition) is 0. The van der Waals surface area contributed by atoms with E-state index in [1.807, 2.05) is 0 Å². The Morgan fingerprint density at radius 1 is 1.11 bits per heavy atom. The molecule has 2 rings (SSSR count). The number of hydrogen-bond acceptors (Lipinski definition) is 0. The van der Waals surface area contributed by atoms with E-state index in [1.54, 1.807) is 11.1 Å². The summed E-state index contributed by atoms with van der Waals surface area (Å²) in [7, 11) is 0. The number of fused-ring (bicyclic) bond motifs is 1. The Hall–Kier alpha value is 0.180. The lowest BCUT2D eigenvalue weighted by Crippen LogP contribution is -2.27. The summed E-state index contributed by atoms with van der Waals surface area (Å²) in [4.78, 5) is 0. The monoisotopic (exact) mass is 372 g/mol. The van der Waals surface area contributed by atoms with E-state index in [4.69, 9.17) is 0 Å². The van der Waals surface area contributed by atoms with Gasteiger partial charge in [0.2, 0.25) is 0 Å². The molecule has 0 bridgehead atoms. The average molecular weight is 374 g/mol. The fourth-order valence-electron chi connectivity index (χ4n) is 3.05. The quantitative estimate of drug-likeness (QED) is 0.594. The van der Waals surface area contributed by atoms with Crippen molar-refractivity contribution in [2.24, 2.45) is 5.41 Å². The van der Waals surface area contributed by atoms with Crippen molar-refractivity contribution in [2.45, 2.75) is 45.4 Å². The van der Waals surface area contributed by atoms with Gasteiger partial charge in [-0.15, -0.1) is 0 Å². The van der Waals surface area contributed by atoms with Crippen LogP contribution in [0.2, 0.25) is 0 Å². The molecule has 0 saturated heterocycles. The molecule has 0 atom stereocenters. The molecule has 0 amide bonds. The summed E-state index contributed by atoms with van der Waals surface area (Å²) in [6.07, 6.45) is 7.63. The zero-order valence-corrected chi connectivity index (χ0v) is 14.3. The third-order valence-corrected chi connectivity index (χ3v) is 6.47. The summed E-state index contributed by atoms with van der Waals surface area (Å²) >= 11 is 7.45.